The number of hydrogen-bond acceptors (Lipinski definition) is 5. The van der Waals surface area contributed by atoms with Crippen LogP contribution in [-0.2, 0) is 19.4 Å². The average molecular weight is 306 g/mol. The molecule has 0 aromatic carbocycles. The lowest BCUT2D eigenvalue weighted by molar-refractivity contribution is -0.143. The lowest BCUT2D eigenvalue weighted by Crippen LogP contribution is -2.48. The maximum absolute atomic E-state index is 12.2. The maximum Gasteiger partial charge on any atom is 0.320 e. The fraction of sp³-hybridized carbons (Fsp3) is 0.833. The lowest BCUT2D eigenvalue weighted by Gasteiger charge is -2.30. The van der Waals surface area contributed by atoms with Gasteiger partial charge < -0.3 is 10.0 Å². The van der Waals surface area contributed by atoms with Crippen molar-refractivity contribution < 1.29 is 23.1 Å². The van der Waals surface area contributed by atoms with Crippen molar-refractivity contribution in [2.75, 3.05) is 31.6 Å². The number of carbonyl (C=O) groups excluding carboxylic acids is 1. The predicted molar refractivity (Wildman–Crippen MR) is 74.2 cm³/mol. The molecule has 8 heteroatoms. The van der Waals surface area contributed by atoms with Gasteiger partial charge in [0, 0.05) is 12.6 Å². The molecule has 0 saturated carbocycles. The van der Waals surface area contributed by atoms with Crippen molar-refractivity contribution in [2.24, 2.45) is 0 Å². The van der Waals surface area contributed by atoms with Crippen molar-refractivity contribution in [3.05, 3.63) is 0 Å². The zero-order valence-electron chi connectivity index (χ0n) is 12.1. The van der Waals surface area contributed by atoms with Crippen LogP contribution < -0.4 is 0 Å². The molecule has 0 spiro atoms. The zero-order chi connectivity index (χ0) is 15.5. The standard InChI is InChI=1S/C12H22N2O5S/c1-4-14(10-5-6-20(18,19)8-10)11(15)7-13(3)9(2)12(16)17/h9-10H,4-8H2,1-3H3,(H,16,17). The van der Waals surface area contributed by atoms with E-state index in [0.29, 0.717) is 13.0 Å². The Bertz CT molecular complexity index is 476. The van der Waals surface area contributed by atoms with Crippen molar-refractivity contribution in [2.45, 2.75) is 32.4 Å². The molecule has 1 amide bonds. The molecule has 0 radical (unpaired) electrons. The fourth-order valence-electron chi connectivity index (χ4n) is 2.29. The number of rotatable bonds is 6. The van der Waals surface area contributed by atoms with Crippen LogP contribution in [0.4, 0.5) is 0 Å². The summed E-state index contributed by atoms with van der Waals surface area (Å²) >= 11 is 0. The predicted octanol–water partition coefficient (Wildman–Crippen LogP) is -0.573. The van der Waals surface area contributed by atoms with E-state index in [-0.39, 0.29) is 30.0 Å². The summed E-state index contributed by atoms with van der Waals surface area (Å²) in [4.78, 5) is 26.0. The largest absolute Gasteiger partial charge is 0.480 e. The number of carboxylic acid groups (broad SMARTS) is 1. The molecule has 0 aromatic heterocycles. The van der Waals surface area contributed by atoms with Crippen molar-refractivity contribution >= 4 is 21.7 Å². The summed E-state index contributed by atoms with van der Waals surface area (Å²) in [5.41, 5.74) is 0. The first kappa shape index (κ1) is 16.9. The monoisotopic (exact) mass is 306 g/mol. The van der Waals surface area contributed by atoms with E-state index in [4.69, 9.17) is 5.11 Å². The third-order valence-electron chi connectivity index (χ3n) is 3.71. The van der Waals surface area contributed by atoms with Gasteiger partial charge in [0.2, 0.25) is 5.91 Å². The van der Waals surface area contributed by atoms with Gasteiger partial charge in [-0.1, -0.05) is 0 Å². The first-order valence-corrected chi connectivity index (χ1v) is 8.43. The van der Waals surface area contributed by atoms with E-state index in [2.05, 4.69) is 0 Å². The first-order valence-electron chi connectivity index (χ1n) is 6.61. The smallest absolute Gasteiger partial charge is 0.320 e. The van der Waals surface area contributed by atoms with Crippen LogP contribution in [-0.4, -0.2) is 78.9 Å². The van der Waals surface area contributed by atoms with E-state index >= 15 is 0 Å². The summed E-state index contributed by atoms with van der Waals surface area (Å²) in [6.45, 7) is 3.70. The van der Waals surface area contributed by atoms with Crippen LogP contribution in [0.1, 0.15) is 20.3 Å². The van der Waals surface area contributed by atoms with Crippen LogP contribution in [0.15, 0.2) is 0 Å². The van der Waals surface area contributed by atoms with Crippen LogP contribution in [0.5, 0.6) is 0 Å². The SMILES string of the molecule is CCN(C(=O)CN(C)C(C)C(=O)O)C1CCS(=O)(=O)C1. The minimum atomic E-state index is -3.04. The van der Waals surface area contributed by atoms with Gasteiger partial charge in [-0.2, -0.15) is 0 Å². The van der Waals surface area contributed by atoms with Gasteiger partial charge in [0.15, 0.2) is 9.84 Å². The Kier molecular flexibility index (Phi) is 5.52. The molecule has 1 rings (SSSR count). The molecule has 20 heavy (non-hydrogen) atoms. The summed E-state index contributed by atoms with van der Waals surface area (Å²) < 4.78 is 23.0. The van der Waals surface area contributed by atoms with E-state index in [0.717, 1.165) is 0 Å². The number of amides is 1. The van der Waals surface area contributed by atoms with E-state index in [9.17, 15) is 18.0 Å². The number of nitrogens with zero attached hydrogens (tertiary/aromatic N) is 2. The van der Waals surface area contributed by atoms with Crippen LogP contribution in [0.25, 0.3) is 0 Å². The highest BCUT2D eigenvalue weighted by Gasteiger charge is 2.34. The van der Waals surface area contributed by atoms with E-state index in [1.54, 1.807) is 14.0 Å². The van der Waals surface area contributed by atoms with E-state index < -0.39 is 21.8 Å². The normalized spacial score (nSPS) is 22.7. The number of aliphatic carboxylic acids is 1. The number of hydrogen-bond donors (Lipinski definition) is 1. The van der Waals surface area contributed by atoms with E-state index in [1.807, 2.05) is 0 Å². The van der Waals surface area contributed by atoms with Gasteiger partial charge in [-0.25, -0.2) is 8.42 Å². The Hall–Kier alpha value is -1.15. The molecule has 1 saturated heterocycles. The summed E-state index contributed by atoms with van der Waals surface area (Å²) in [5.74, 6) is -1.11. The third-order valence-corrected chi connectivity index (χ3v) is 5.46. The molecule has 1 aliphatic rings. The van der Waals surface area contributed by atoms with Gasteiger partial charge in [-0.15, -0.1) is 0 Å². The second kappa shape index (κ2) is 6.53. The van der Waals surface area contributed by atoms with Gasteiger partial charge in [-0.05, 0) is 27.3 Å². The van der Waals surface area contributed by atoms with Gasteiger partial charge in [-0.3, -0.25) is 14.5 Å². The summed E-state index contributed by atoms with van der Waals surface area (Å²) in [6.07, 6.45) is 0.458. The van der Waals surface area contributed by atoms with Crippen molar-refractivity contribution in [1.82, 2.24) is 9.80 Å². The van der Waals surface area contributed by atoms with Crippen LogP contribution >= 0.6 is 0 Å². The highest BCUT2D eigenvalue weighted by Crippen LogP contribution is 2.18. The molecular weight excluding hydrogens is 284 g/mol. The van der Waals surface area contributed by atoms with Crippen LogP contribution in [0, 0.1) is 0 Å². The van der Waals surface area contributed by atoms with Gasteiger partial charge in [0.05, 0.1) is 18.1 Å². The Balaban J connectivity index is 2.67. The quantitative estimate of drug-likeness (QED) is 0.706. The first-order chi connectivity index (χ1) is 9.18. The molecule has 1 aliphatic heterocycles. The minimum absolute atomic E-state index is 0.00474. The number of likely N-dealkylation sites (N-methyl/N-ethyl adjacent to an activating group) is 2. The van der Waals surface area contributed by atoms with E-state index in [1.165, 1.54) is 16.7 Å². The van der Waals surface area contributed by atoms with Crippen LogP contribution in [0.2, 0.25) is 0 Å². The highest BCUT2D eigenvalue weighted by molar-refractivity contribution is 7.91. The number of sulfone groups is 1. The topological polar surface area (TPSA) is 95.0 Å². The van der Waals surface area contributed by atoms with Crippen molar-refractivity contribution in [3.63, 3.8) is 0 Å². The van der Waals surface area contributed by atoms with Crippen LogP contribution in [0.3, 0.4) is 0 Å². The summed E-state index contributed by atoms with van der Waals surface area (Å²) in [7, 11) is -1.48. The summed E-state index contributed by atoms with van der Waals surface area (Å²) in [5, 5.41) is 8.90. The molecule has 1 N–H and O–H groups in total. The Labute approximate surface area is 119 Å². The molecule has 0 bridgehead atoms. The molecule has 1 heterocycles. The van der Waals surface area contributed by atoms with Crippen molar-refractivity contribution in [3.8, 4) is 0 Å². The molecule has 0 aliphatic carbocycles. The molecule has 116 valence electrons. The number of carboxylic acids is 1. The minimum Gasteiger partial charge on any atom is -0.480 e. The number of carbonyl (C=O) groups is 2. The van der Waals surface area contributed by atoms with Gasteiger partial charge in [0.1, 0.15) is 6.04 Å². The third kappa shape index (κ3) is 4.17. The second-order valence-corrected chi connectivity index (χ2v) is 7.39. The Morgan fingerprint density at radius 2 is 2.00 bits per heavy atom. The lowest BCUT2D eigenvalue weighted by atomic mass is 10.2. The Morgan fingerprint density at radius 3 is 2.40 bits per heavy atom. The molecular formula is C12H22N2O5S. The molecule has 2 unspecified atom stereocenters. The second-order valence-electron chi connectivity index (χ2n) is 5.17. The fourth-order valence-corrected chi connectivity index (χ4v) is 4.02. The molecule has 1 fully saturated rings. The maximum atomic E-state index is 12.2. The summed E-state index contributed by atoms with van der Waals surface area (Å²) in [6, 6.07) is -1.05. The highest BCUT2D eigenvalue weighted by atomic mass is 32.2. The zero-order valence-corrected chi connectivity index (χ0v) is 12.9. The van der Waals surface area contributed by atoms with Gasteiger partial charge >= 0.3 is 5.97 Å². The molecule has 7 nitrogen and oxygen atoms in total. The molecule has 2 atom stereocenters. The molecule has 0 aromatic rings. The Morgan fingerprint density at radius 1 is 1.40 bits per heavy atom. The van der Waals surface area contributed by atoms with Crippen molar-refractivity contribution in [1.29, 1.82) is 0 Å². The van der Waals surface area contributed by atoms with Gasteiger partial charge in [0.25, 0.3) is 0 Å². The average Bonchev–Trinajstić information content (AvgIpc) is 2.69.